The quantitative estimate of drug-likeness (QED) is 0.597. The smallest absolute Gasteiger partial charge is 0.251 e. The molecule has 20 heavy (non-hydrogen) atoms. The minimum absolute atomic E-state index is 0.0941. The third-order valence-electron chi connectivity index (χ3n) is 4.12. The van der Waals surface area contributed by atoms with E-state index >= 15 is 0 Å². The van der Waals surface area contributed by atoms with Crippen molar-refractivity contribution in [1.29, 1.82) is 0 Å². The van der Waals surface area contributed by atoms with Crippen LogP contribution in [-0.2, 0) is 0 Å². The zero-order chi connectivity index (χ0) is 14.4. The Balaban J connectivity index is 1.87. The highest BCUT2D eigenvalue weighted by atomic mass is 19.3. The highest BCUT2D eigenvalue weighted by Crippen LogP contribution is 2.36. The molecular weight excluding hydrogens is 261 g/mol. The normalized spacial score (nSPS) is 23.6. The van der Waals surface area contributed by atoms with E-state index in [-0.39, 0.29) is 12.2 Å². The molecule has 0 heterocycles. The fourth-order valence-corrected chi connectivity index (χ4v) is 2.91. The number of alkyl halides is 3. The summed E-state index contributed by atoms with van der Waals surface area (Å²) in [5.74, 6) is 1.03. The summed E-state index contributed by atoms with van der Waals surface area (Å²) >= 11 is 0. The number of rotatable bonds is 5. The molecule has 2 rings (SSSR count). The first-order valence-electron chi connectivity index (χ1n) is 7.31. The molecule has 1 aromatic carbocycles. The van der Waals surface area contributed by atoms with Crippen molar-refractivity contribution in [1.82, 2.24) is 0 Å². The van der Waals surface area contributed by atoms with Crippen LogP contribution in [0.4, 0.5) is 13.2 Å². The van der Waals surface area contributed by atoms with E-state index in [1.54, 1.807) is 0 Å². The van der Waals surface area contributed by atoms with Crippen LogP contribution in [0, 0.1) is 5.92 Å². The van der Waals surface area contributed by atoms with E-state index < -0.39 is 6.43 Å². The van der Waals surface area contributed by atoms with E-state index in [4.69, 9.17) is 0 Å². The third-order valence-corrected chi connectivity index (χ3v) is 4.12. The molecule has 0 bridgehead atoms. The minimum atomic E-state index is -2.39. The van der Waals surface area contributed by atoms with Crippen LogP contribution in [0.25, 0.3) is 0 Å². The van der Waals surface area contributed by atoms with Gasteiger partial charge in [-0.3, -0.25) is 4.39 Å². The van der Waals surface area contributed by atoms with Crippen molar-refractivity contribution in [3.8, 4) is 0 Å². The second kappa shape index (κ2) is 7.51. The van der Waals surface area contributed by atoms with Crippen LogP contribution in [-0.4, -0.2) is 6.67 Å². The lowest BCUT2D eigenvalue weighted by Gasteiger charge is -2.27. The predicted molar refractivity (Wildman–Crippen MR) is 75.8 cm³/mol. The zero-order valence-electron chi connectivity index (χ0n) is 11.6. The maximum absolute atomic E-state index is 12.5. The van der Waals surface area contributed by atoms with Crippen LogP contribution in [0.3, 0.4) is 0 Å². The summed E-state index contributed by atoms with van der Waals surface area (Å²) in [7, 11) is 0. The van der Waals surface area contributed by atoms with Gasteiger partial charge in [0.05, 0.1) is 6.67 Å². The van der Waals surface area contributed by atoms with Gasteiger partial charge in [-0.05, 0) is 49.5 Å². The molecule has 110 valence electrons. The van der Waals surface area contributed by atoms with Crippen molar-refractivity contribution < 1.29 is 13.2 Å². The Bertz CT molecular complexity index is 414. The summed E-state index contributed by atoms with van der Waals surface area (Å²) in [5.41, 5.74) is 1.26. The average Bonchev–Trinajstić information content (AvgIpc) is 2.48. The fraction of sp³-hybridized carbons (Fsp3) is 0.529. The lowest BCUT2D eigenvalue weighted by Crippen LogP contribution is -2.11. The standard InChI is InChI=1S/C17H21F3/c18-12-2-1-3-13-4-6-14(7-5-13)15-8-10-16(11-9-15)17(19)20/h1,3,8-11,13-14,17H,2,4-7,12H2/b3-1+/t13-,14-. The number of allylic oxidation sites excluding steroid dienone is 2. The molecule has 0 N–H and O–H groups in total. The summed E-state index contributed by atoms with van der Waals surface area (Å²) in [5, 5.41) is 0. The summed E-state index contributed by atoms with van der Waals surface area (Å²) in [6, 6.07) is 6.75. The molecule has 1 saturated carbocycles. The Kier molecular flexibility index (Phi) is 5.69. The molecule has 0 unspecified atom stereocenters. The second-order valence-corrected chi connectivity index (χ2v) is 5.48. The predicted octanol–water partition coefficient (Wildman–Crippen LogP) is 5.81. The monoisotopic (exact) mass is 282 g/mol. The maximum atomic E-state index is 12.5. The topological polar surface area (TPSA) is 0 Å². The molecule has 1 aromatic rings. The number of hydrogen-bond donors (Lipinski definition) is 0. The van der Waals surface area contributed by atoms with Crippen molar-refractivity contribution in [3.05, 3.63) is 47.5 Å². The van der Waals surface area contributed by atoms with Gasteiger partial charge in [0.2, 0.25) is 0 Å². The van der Waals surface area contributed by atoms with Crippen molar-refractivity contribution in [2.45, 2.75) is 44.4 Å². The molecule has 0 aliphatic heterocycles. The number of benzene rings is 1. The van der Waals surface area contributed by atoms with E-state index in [1.807, 2.05) is 18.2 Å². The van der Waals surface area contributed by atoms with Crippen LogP contribution in [0.5, 0.6) is 0 Å². The first-order valence-corrected chi connectivity index (χ1v) is 7.31. The molecule has 1 aliphatic rings. The highest BCUT2D eigenvalue weighted by molar-refractivity contribution is 5.26. The Morgan fingerprint density at radius 1 is 1.05 bits per heavy atom. The number of halogens is 3. The van der Waals surface area contributed by atoms with Crippen molar-refractivity contribution in [2.24, 2.45) is 5.92 Å². The van der Waals surface area contributed by atoms with Gasteiger partial charge < -0.3 is 0 Å². The average molecular weight is 282 g/mol. The Hall–Kier alpha value is -1.25. The summed E-state index contributed by atoms with van der Waals surface area (Å²) < 4.78 is 37.0. The van der Waals surface area contributed by atoms with Gasteiger partial charge in [-0.25, -0.2) is 8.78 Å². The van der Waals surface area contributed by atoms with Gasteiger partial charge in [-0.2, -0.15) is 0 Å². The van der Waals surface area contributed by atoms with Crippen LogP contribution >= 0.6 is 0 Å². The van der Waals surface area contributed by atoms with Gasteiger partial charge in [0.1, 0.15) is 0 Å². The van der Waals surface area contributed by atoms with E-state index in [0.29, 0.717) is 18.3 Å². The lowest BCUT2D eigenvalue weighted by molar-refractivity contribution is 0.151. The van der Waals surface area contributed by atoms with Gasteiger partial charge in [0.15, 0.2) is 0 Å². The van der Waals surface area contributed by atoms with Gasteiger partial charge in [-0.15, -0.1) is 0 Å². The van der Waals surface area contributed by atoms with Crippen LogP contribution < -0.4 is 0 Å². The molecule has 3 heteroatoms. The van der Waals surface area contributed by atoms with Crippen molar-refractivity contribution in [3.63, 3.8) is 0 Å². The Morgan fingerprint density at radius 2 is 1.70 bits per heavy atom. The largest absolute Gasteiger partial charge is 0.263 e. The van der Waals surface area contributed by atoms with Gasteiger partial charge in [-0.1, -0.05) is 36.4 Å². The molecule has 0 saturated heterocycles. The molecule has 1 fully saturated rings. The molecule has 1 aliphatic carbocycles. The van der Waals surface area contributed by atoms with Gasteiger partial charge in [0, 0.05) is 5.56 Å². The van der Waals surface area contributed by atoms with E-state index in [2.05, 4.69) is 6.08 Å². The van der Waals surface area contributed by atoms with Gasteiger partial charge >= 0.3 is 0 Å². The molecule has 0 atom stereocenters. The first kappa shape index (κ1) is 15.1. The third kappa shape index (κ3) is 4.12. The number of hydrogen-bond acceptors (Lipinski definition) is 0. The van der Waals surface area contributed by atoms with E-state index in [9.17, 15) is 13.2 Å². The molecule has 0 amide bonds. The van der Waals surface area contributed by atoms with Crippen molar-refractivity contribution in [2.75, 3.05) is 6.67 Å². The van der Waals surface area contributed by atoms with Crippen molar-refractivity contribution >= 4 is 0 Å². The molecule has 0 aromatic heterocycles. The minimum Gasteiger partial charge on any atom is -0.251 e. The lowest BCUT2D eigenvalue weighted by atomic mass is 9.78. The van der Waals surface area contributed by atoms with E-state index in [1.165, 1.54) is 17.7 Å². The molecule has 0 spiro atoms. The highest BCUT2D eigenvalue weighted by Gasteiger charge is 2.21. The first-order chi connectivity index (χ1) is 9.70. The second-order valence-electron chi connectivity index (χ2n) is 5.48. The zero-order valence-corrected chi connectivity index (χ0v) is 11.6. The molecular formula is C17H21F3. The van der Waals surface area contributed by atoms with Crippen LogP contribution in [0.15, 0.2) is 36.4 Å². The maximum Gasteiger partial charge on any atom is 0.263 e. The van der Waals surface area contributed by atoms with Crippen LogP contribution in [0.2, 0.25) is 0 Å². The van der Waals surface area contributed by atoms with E-state index in [0.717, 1.165) is 25.7 Å². The summed E-state index contributed by atoms with van der Waals surface area (Å²) in [6.07, 6.45) is 6.55. The Morgan fingerprint density at radius 3 is 2.25 bits per heavy atom. The van der Waals surface area contributed by atoms with Crippen LogP contribution in [0.1, 0.15) is 55.6 Å². The summed E-state index contributed by atoms with van der Waals surface area (Å²) in [6.45, 7) is -0.289. The summed E-state index contributed by atoms with van der Waals surface area (Å²) in [4.78, 5) is 0. The molecule has 0 radical (unpaired) electrons. The SMILES string of the molecule is FCC/C=C/[C@H]1CC[C@H](c2ccc(C(F)F)cc2)CC1. The fourth-order valence-electron chi connectivity index (χ4n) is 2.91. The van der Waals surface area contributed by atoms with Gasteiger partial charge in [0.25, 0.3) is 6.43 Å². The Labute approximate surface area is 118 Å². The molecule has 0 nitrogen and oxygen atoms in total.